The van der Waals surface area contributed by atoms with E-state index in [0.29, 0.717) is 24.4 Å². The van der Waals surface area contributed by atoms with E-state index >= 15 is 0 Å². The zero-order valence-electron chi connectivity index (χ0n) is 14.9. The third-order valence-corrected chi connectivity index (χ3v) is 4.95. The highest BCUT2D eigenvalue weighted by molar-refractivity contribution is 6.30. The van der Waals surface area contributed by atoms with Gasteiger partial charge in [0.05, 0.1) is 18.7 Å². The molecular formula is C18H26Cl2N2O3. The van der Waals surface area contributed by atoms with E-state index in [-0.39, 0.29) is 30.3 Å². The second-order valence-corrected chi connectivity index (χ2v) is 6.85. The van der Waals surface area contributed by atoms with Crippen molar-refractivity contribution in [3.8, 4) is 0 Å². The number of carbonyl (C=O) groups excluding carboxylic acids is 2. The summed E-state index contributed by atoms with van der Waals surface area (Å²) < 4.78 is 4.68. The van der Waals surface area contributed by atoms with Gasteiger partial charge in [0.1, 0.15) is 0 Å². The maximum Gasteiger partial charge on any atom is 0.305 e. The maximum absolute atomic E-state index is 13.0. The van der Waals surface area contributed by atoms with Crippen LogP contribution in [-0.2, 0) is 14.3 Å². The standard InChI is InChI=1S/C18H25ClN2O3.ClH/c1-13(14-6-8-15(19)9-7-14)21(12-4-5-16(22)24-3)17(23)18(2)10-11-20-18;/h6-9,13,20H,4-5,10-12H2,1-3H3;1H/t13-,18-;/m1./s1. The zero-order chi connectivity index (χ0) is 17.7. The van der Waals surface area contributed by atoms with Gasteiger partial charge in [-0.05, 0) is 50.9 Å². The van der Waals surface area contributed by atoms with Crippen molar-refractivity contribution in [2.45, 2.75) is 44.7 Å². The largest absolute Gasteiger partial charge is 0.469 e. The van der Waals surface area contributed by atoms with Crippen LogP contribution in [0.2, 0.25) is 5.02 Å². The second-order valence-electron chi connectivity index (χ2n) is 6.41. The summed E-state index contributed by atoms with van der Waals surface area (Å²) in [6.45, 7) is 5.30. The quantitative estimate of drug-likeness (QED) is 0.727. The summed E-state index contributed by atoms with van der Waals surface area (Å²) in [5.41, 5.74) is 0.514. The topological polar surface area (TPSA) is 58.6 Å². The van der Waals surface area contributed by atoms with Gasteiger partial charge in [-0.2, -0.15) is 0 Å². The Kier molecular flexibility index (Phi) is 8.19. The lowest BCUT2D eigenvalue weighted by molar-refractivity contribution is -0.145. The van der Waals surface area contributed by atoms with E-state index in [1.54, 1.807) is 0 Å². The normalized spacial score (nSPS) is 20.0. The van der Waals surface area contributed by atoms with Crippen LogP contribution in [0.3, 0.4) is 0 Å². The van der Waals surface area contributed by atoms with E-state index in [2.05, 4.69) is 10.1 Å². The molecular weight excluding hydrogens is 363 g/mol. The average molecular weight is 389 g/mol. The van der Waals surface area contributed by atoms with Crippen molar-refractivity contribution in [3.63, 3.8) is 0 Å². The van der Waals surface area contributed by atoms with Crippen LogP contribution >= 0.6 is 24.0 Å². The fourth-order valence-corrected chi connectivity index (χ4v) is 3.01. The summed E-state index contributed by atoms with van der Waals surface area (Å²) in [4.78, 5) is 26.2. The van der Waals surface area contributed by atoms with Crippen molar-refractivity contribution >= 4 is 35.9 Å². The first-order valence-electron chi connectivity index (χ1n) is 8.26. The molecule has 0 bridgehead atoms. The van der Waals surface area contributed by atoms with Crippen molar-refractivity contribution in [2.75, 3.05) is 20.2 Å². The molecule has 1 saturated heterocycles. The predicted molar refractivity (Wildman–Crippen MR) is 101 cm³/mol. The number of ether oxygens (including phenoxy) is 1. The Hall–Kier alpha value is -1.30. The van der Waals surface area contributed by atoms with E-state index in [9.17, 15) is 9.59 Å². The van der Waals surface area contributed by atoms with Gasteiger partial charge in [-0.15, -0.1) is 12.4 Å². The Morgan fingerprint density at radius 1 is 1.36 bits per heavy atom. The monoisotopic (exact) mass is 388 g/mol. The molecule has 0 unspecified atom stereocenters. The summed E-state index contributed by atoms with van der Waals surface area (Å²) in [5, 5.41) is 3.89. The summed E-state index contributed by atoms with van der Waals surface area (Å²) in [6, 6.07) is 7.43. The minimum absolute atomic E-state index is 0. The van der Waals surface area contributed by atoms with Gasteiger partial charge in [0.25, 0.3) is 0 Å². The number of hydrogen-bond donors (Lipinski definition) is 1. The van der Waals surface area contributed by atoms with Crippen LogP contribution in [0, 0.1) is 0 Å². The summed E-state index contributed by atoms with van der Waals surface area (Å²) in [7, 11) is 1.38. The molecule has 2 atom stereocenters. The number of nitrogens with one attached hydrogen (secondary N) is 1. The van der Waals surface area contributed by atoms with E-state index in [1.165, 1.54) is 7.11 Å². The molecule has 0 saturated carbocycles. The highest BCUT2D eigenvalue weighted by Crippen LogP contribution is 2.28. The van der Waals surface area contributed by atoms with Crippen molar-refractivity contribution in [3.05, 3.63) is 34.9 Å². The molecule has 2 rings (SSSR count). The molecule has 1 aliphatic heterocycles. The Labute approximate surface area is 160 Å². The molecule has 1 aromatic carbocycles. The first kappa shape index (κ1) is 21.7. The minimum atomic E-state index is -0.508. The molecule has 0 aliphatic carbocycles. The first-order valence-corrected chi connectivity index (χ1v) is 8.63. The molecule has 7 heteroatoms. The van der Waals surface area contributed by atoms with E-state index in [1.807, 2.05) is 43.0 Å². The smallest absolute Gasteiger partial charge is 0.305 e. The predicted octanol–water partition coefficient (Wildman–Crippen LogP) is 3.36. The second kappa shape index (κ2) is 9.41. The van der Waals surface area contributed by atoms with Crippen LogP contribution in [0.15, 0.2) is 24.3 Å². The van der Waals surface area contributed by atoms with Gasteiger partial charge < -0.3 is 15.0 Å². The Balaban J connectivity index is 0.00000312. The van der Waals surface area contributed by atoms with Crippen LogP contribution in [-0.4, -0.2) is 42.5 Å². The minimum Gasteiger partial charge on any atom is -0.469 e. The number of halogens is 2. The SMILES string of the molecule is COC(=O)CCCN(C(=O)[C@@]1(C)CCN1)[C@H](C)c1ccc(Cl)cc1.Cl. The molecule has 0 spiro atoms. The van der Waals surface area contributed by atoms with Crippen LogP contribution in [0.4, 0.5) is 0 Å². The maximum atomic E-state index is 13.0. The van der Waals surface area contributed by atoms with E-state index in [4.69, 9.17) is 11.6 Å². The molecule has 1 N–H and O–H groups in total. The third-order valence-electron chi connectivity index (χ3n) is 4.70. The van der Waals surface area contributed by atoms with Gasteiger partial charge in [0, 0.05) is 18.0 Å². The van der Waals surface area contributed by atoms with Crippen LogP contribution in [0.25, 0.3) is 0 Å². The number of nitrogens with zero attached hydrogens (tertiary/aromatic N) is 1. The number of methoxy groups -OCH3 is 1. The first-order chi connectivity index (χ1) is 11.4. The molecule has 0 radical (unpaired) electrons. The van der Waals surface area contributed by atoms with Gasteiger partial charge in [-0.3, -0.25) is 9.59 Å². The Morgan fingerprint density at radius 2 is 1.96 bits per heavy atom. The van der Waals surface area contributed by atoms with Crippen molar-refractivity contribution in [1.29, 1.82) is 0 Å². The van der Waals surface area contributed by atoms with E-state index < -0.39 is 5.54 Å². The fourth-order valence-electron chi connectivity index (χ4n) is 2.89. The number of esters is 1. The third kappa shape index (κ3) is 5.33. The number of amides is 1. The lowest BCUT2D eigenvalue weighted by atomic mass is 9.87. The summed E-state index contributed by atoms with van der Waals surface area (Å²) in [6.07, 6.45) is 1.71. The summed E-state index contributed by atoms with van der Waals surface area (Å²) >= 11 is 5.96. The van der Waals surface area contributed by atoms with Crippen LogP contribution in [0.1, 0.15) is 44.7 Å². The summed E-state index contributed by atoms with van der Waals surface area (Å²) in [5.74, 6) is -0.185. The van der Waals surface area contributed by atoms with Gasteiger partial charge in [-0.1, -0.05) is 23.7 Å². The molecule has 5 nitrogen and oxygen atoms in total. The lowest BCUT2D eigenvalue weighted by Gasteiger charge is -2.44. The number of carbonyl (C=O) groups is 2. The van der Waals surface area contributed by atoms with E-state index in [0.717, 1.165) is 18.5 Å². The van der Waals surface area contributed by atoms with Gasteiger partial charge in [-0.25, -0.2) is 0 Å². The number of hydrogen-bond acceptors (Lipinski definition) is 4. The highest BCUT2D eigenvalue weighted by Gasteiger charge is 2.42. The van der Waals surface area contributed by atoms with Crippen LogP contribution < -0.4 is 5.32 Å². The molecule has 1 aromatic rings. The number of benzene rings is 1. The van der Waals surface area contributed by atoms with Gasteiger partial charge in [0.2, 0.25) is 5.91 Å². The zero-order valence-corrected chi connectivity index (χ0v) is 16.5. The molecule has 1 heterocycles. The molecule has 1 amide bonds. The fraction of sp³-hybridized carbons (Fsp3) is 0.556. The molecule has 0 aromatic heterocycles. The Morgan fingerprint density at radius 3 is 2.44 bits per heavy atom. The van der Waals surface area contributed by atoms with Gasteiger partial charge >= 0.3 is 5.97 Å². The van der Waals surface area contributed by atoms with Crippen molar-refractivity contribution in [2.24, 2.45) is 0 Å². The van der Waals surface area contributed by atoms with Crippen molar-refractivity contribution < 1.29 is 14.3 Å². The van der Waals surface area contributed by atoms with Crippen LogP contribution in [0.5, 0.6) is 0 Å². The van der Waals surface area contributed by atoms with Gasteiger partial charge in [0.15, 0.2) is 0 Å². The lowest BCUT2D eigenvalue weighted by Crippen LogP contribution is -2.64. The molecule has 140 valence electrons. The molecule has 1 fully saturated rings. The molecule has 1 aliphatic rings. The Bertz CT molecular complexity index is 588. The van der Waals surface area contributed by atoms with Crippen molar-refractivity contribution in [1.82, 2.24) is 10.2 Å². The molecule has 25 heavy (non-hydrogen) atoms. The average Bonchev–Trinajstić information content (AvgIpc) is 2.55. The highest BCUT2D eigenvalue weighted by atomic mass is 35.5. The number of rotatable bonds is 7.